The van der Waals surface area contributed by atoms with E-state index in [9.17, 15) is 5.11 Å². The summed E-state index contributed by atoms with van der Waals surface area (Å²) in [5, 5.41) is 9.46. The molecule has 0 saturated heterocycles. The first kappa shape index (κ1) is 27.9. The molecule has 0 aromatic rings. The molecule has 0 spiro atoms. The number of unbranched alkanes of at least 4 members (excludes halogenated alkanes) is 18. The maximum atomic E-state index is 9.46. The molecule has 0 aliphatic carbocycles. The monoisotopic (exact) mass is 398 g/mol. The van der Waals surface area contributed by atoms with E-state index in [1.165, 1.54) is 122 Å². The summed E-state index contributed by atoms with van der Waals surface area (Å²) in [5.41, 5.74) is 0. The van der Waals surface area contributed by atoms with Crippen LogP contribution in [0.2, 0.25) is 0 Å². The molecule has 0 saturated carbocycles. The zero-order chi connectivity index (χ0) is 20.5. The van der Waals surface area contributed by atoms with Gasteiger partial charge in [0.2, 0.25) is 0 Å². The van der Waals surface area contributed by atoms with Crippen molar-refractivity contribution in [3.63, 3.8) is 0 Å². The highest BCUT2D eigenvalue weighted by atomic mass is 16.5. The smallest absolute Gasteiger partial charge is 0.0805 e. The van der Waals surface area contributed by atoms with Gasteiger partial charge in [0.05, 0.1) is 12.7 Å². The SMILES string of the molecule is CCCCCCCCCCCCCCCCOC(CO)CCCCCCCC. The standard InChI is InChI=1S/C26H54O2/c1-3-5-7-9-11-12-13-14-15-16-17-18-20-22-24-28-26(25-27)23-21-19-10-8-6-4-2/h26-27H,3-25H2,1-2H3. The fourth-order valence-corrected chi connectivity index (χ4v) is 3.93. The van der Waals surface area contributed by atoms with E-state index in [0.29, 0.717) is 0 Å². The van der Waals surface area contributed by atoms with E-state index >= 15 is 0 Å². The van der Waals surface area contributed by atoms with E-state index in [2.05, 4.69) is 13.8 Å². The van der Waals surface area contributed by atoms with E-state index in [1.807, 2.05) is 0 Å². The maximum Gasteiger partial charge on any atom is 0.0805 e. The van der Waals surface area contributed by atoms with E-state index in [0.717, 1.165) is 19.4 Å². The Morgan fingerprint density at radius 2 is 0.857 bits per heavy atom. The van der Waals surface area contributed by atoms with Gasteiger partial charge in [-0.15, -0.1) is 0 Å². The van der Waals surface area contributed by atoms with Crippen LogP contribution in [-0.4, -0.2) is 24.4 Å². The maximum absolute atomic E-state index is 9.46. The van der Waals surface area contributed by atoms with Crippen molar-refractivity contribution >= 4 is 0 Å². The fraction of sp³-hybridized carbons (Fsp3) is 1.00. The summed E-state index contributed by atoms with van der Waals surface area (Å²) in [6.45, 7) is 5.57. The van der Waals surface area contributed by atoms with E-state index in [-0.39, 0.29) is 12.7 Å². The molecule has 2 nitrogen and oxygen atoms in total. The van der Waals surface area contributed by atoms with Crippen molar-refractivity contribution in [3.05, 3.63) is 0 Å². The molecule has 1 unspecified atom stereocenters. The Kier molecular flexibility index (Phi) is 24.9. The summed E-state index contributed by atoms with van der Waals surface area (Å²) in [7, 11) is 0. The highest BCUT2D eigenvalue weighted by molar-refractivity contribution is 4.57. The lowest BCUT2D eigenvalue weighted by Gasteiger charge is -2.15. The average molecular weight is 399 g/mol. The van der Waals surface area contributed by atoms with Gasteiger partial charge in [-0.3, -0.25) is 0 Å². The van der Waals surface area contributed by atoms with Crippen LogP contribution in [0.3, 0.4) is 0 Å². The highest BCUT2D eigenvalue weighted by Crippen LogP contribution is 2.14. The Balaban J connectivity index is 3.22. The normalized spacial score (nSPS) is 12.5. The average Bonchev–Trinajstić information content (AvgIpc) is 2.71. The minimum atomic E-state index is 0.0770. The van der Waals surface area contributed by atoms with E-state index in [1.54, 1.807) is 0 Å². The topological polar surface area (TPSA) is 29.5 Å². The Hall–Kier alpha value is -0.0800. The van der Waals surface area contributed by atoms with Crippen LogP contribution in [0.5, 0.6) is 0 Å². The second kappa shape index (κ2) is 25.0. The molecule has 0 aromatic heterocycles. The van der Waals surface area contributed by atoms with Gasteiger partial charge in [0.15, 0.2) is 0 Å². The first-order valence-corrected chi connectivity index (χ1v) is 13.1. The van der Waals surface area contributed by atoms with Gasteiger partial charge in [-0.25, -0.2) is 0 Å². The third-order valence-electron chi connectivity index (χ3n) is 5.93. The number of hydrogen-bond acceptors (Lipinski definition) is 2. The molecule has 1 atom stereocenters. The molecule has 0 aliphatic heterocycles. The molecule has 1 N–H and O–H groups in total. The molecule has 2 heteroatoms. The molecule has 28 heavy (non-hydrogen) atoms. The Labute approximate surface area is 178 Å². The zero-order valence-corrected chi connectivity index (χ0v) is 19.7. The van der Waals surface area contributed by atoms with Crippen LogP contribution < -0.4 is 0 Å². The summed E-state index contributed by atoms with van der Waals surface area (Å²) in [6.07, 6.45) is 28.4. The van der Waals surface area contributed by atoms with Crippen molar-refractivity contribution < 1.29 is 9.84 Å². The van der Waals surface area contributed by atoms with Crippen molar-refractivity contribution in [2.75, 3.05) is 13.2 Å². The number of rotatable bonds is 24. The van der Waals surface area contributed by atoms with Crippen LogP contribution in [-0.2, 0) is 4.74 Å². The molecule has 0 radical (unpaired) electrons. The minimum Gasteiger partial charge on any atom is -0.394 e. The van der Waals surface area contributed by atoms with Gasteiger partial charge in [0, 0.05) is 6.61 Å². The molecule has 0 aliphatic rings. The Morgan fingerprint density at radius 1 is 0.500 bits per heavy atom. The van der Waals surface area contributed by atoms with Gasteiger partial charge >= 0.3 is 0 Å². The van der Waals surface area contributed by atoms with E-state index < -0.39 is 0 Å². The minimum absolute atomic E-state index is 0.0770. The van der Waals surface area contributed by atoms with Gasteiger partial charge in [0.25, 0.3) is 0 Å². The molecule has 0 rings (SSSR count). The molecule has 0 fully saturated rings. The Bertz CT molecular complexity index is 267. The summed E-state index contributed by atoms with van der Waals surface area (Å²) >= 11 is 0. The quantitative estimate of drug-likeness (QED) is 0.165. The highest BCUT2D eigenvalue weighted by Gasteiger charge is 2.07. The summed E-state index contributed by atoms with van der Waals surface area (Å²) < 4.78 is 5.88. The summed E-state index contributed by atoms with van der Waals surface area (Å²) in [4.78, 5) is 0. The van der Waals surface area contributed by atoms with Crippen LogP contribution >= 0.6 is 0 Å². The third-order valence-corrected chi connectivity index (χ3v) is 5.93. The van der Waals surface area contributed by atoms with Gasteiger partial charge < -0.3 is 9.84 Å². The molecule has 170 valence electrons. The van der Waals surface area contributed by atoms with Crippen molar-refractivity contribution in [3.8, 4) is 0 Å². The molecule has 0 heterocycles. The number of ether oxygens (including phenoxy) is 1. The first-order valence-electron chi connectivity index (χ1n) is 13.1. The number of hydrogen-bond donors (Lipinski definition) is 1. The summed E-state index contributed by atoms with van der Waals surface area (Å²) in [5.74, 6) is 0. The van der Waals surface area contributed by atoms with Gasteiger partial charge in [0.1, 0.15) is 0 Å². The molecule has 0 aromatic carbocycles. The predicted octanol–water partition coefficient (Wildman–Crippen LogP) is 8.60. The van der Waals surface area contributed by atoms with Crippen LogP contribution in [0.1, 0.15) is 149 Å². The second-order valence-electron chi connectivity index (χ2n) is 8.83. The molecular weight excluding hydrogens is 344 g/mol. The van der Waals surface area contributed by atoms with Crippen LogP contribution in [0.25, 0.3) is 0 Å². The molecule has 0 amide bonds. The lowest BCUT2D eigenvalue weighted by Crippen LogP contribution is -2.18. The van der Waals surface area contributed by atoms with Crippen LogP contribution in [0, 0.1) is 0 Å². The van der Waals surface area contributed by atoms with Crippen molar-refractivity contribution in [2.24, 2.45) is 0 Å². The lowest BCUT2D eigenvalue weighted by atomic mass is 10.0. The number of aliphatic hydroxyl groups is 1. The lowest BCUT2D eigenvalue weighted by molar-refractivity contribution is 0.00497. The van der Waals surface area contributed by atoms with Crippen molar-refractivity contribution in [1.82, 2.24) is 0 Å². The largest absolute Gasteiger partial charge is 0.394 e. The summed E-state index contributed by atoms with van der Waals surface area (Å²) in [6, 6.07) is 0. The third kappa shape index (κ3) is 22.2. The number of aliphatic hydroxyl groups excluding tert-OH is 1. The molecule has 0 bridgehead atoms. The second-order valence-corrected chi connectivity index (χ2v) is 8.83. The Morgan fingerprint density at radius 3 is 1.25 bits per heavy atom. The van der Waals surface area contributed by atoms with E-state index in [4.69, 9.17) is 4.74 Å². The molecular formula is C26H54O2. The predicted molar refractivity (Wildman–Crippen MR) is 125 cm³/mol. The van der Waals surface area contributed by atoms with Crippen LogP contribution in [0.4, 0.5) is 0 Å². The van der Waals surface area contributed by atoms with Gasteiger partial charge in [-0.1, -0.05) is 136 Å². The van der Waals surface area contributed by atoms with Gasteiger partial charge in [-0.05, 0) is 12.8 Å². The zero-order valence-electron chi connectivity index (χ0n) is 19.7. The van der Waals surface area contributed by atoms with Crippen LogP contribution in [0.15, 0.2) is 0 Å². The van der Waals surface area contributed by atoms with Gasteiger partial charge in [-0.2, -0.15) is 0 Å². The van der Waals surface area contributed by atoms with Crippen molar-refractivity contribution in [1.29, 1.82) is 0 Å². The first-order chi connectivity index (χ1) is 13.8. The fourth-order valence-electron chi connectivity index (χ4n) is 3.93. The van der Waals surface area contributed by atoms with Crippen molar-refractivity contribution in [2.45, 2.75) is 155 Å².